The third-order valence-electron chi connectivity index (χ3n) is 7.19. The molecule has 0 aliphatic carbocycles. The van der Waals surface area contributed by atoms with Crippen molar-refractivity contribution in [3.63, 3.8) is 0 Å². The second kappa shape index (κ2) is 14.9. The standard InChI is InChI=1S/C31H39N5O5S2/c1-23(2)21-36(43(40,41)25-13-14-26-28(19-25)42-22-35-26)31(39,20-24-9-4-3-5-10-24)15-18-33-29(37)12-6-7-16-34-30(38)27-11-8-17-32-27/h3-5,9-10,13-14,19,22-23,27,32,39H,6,8,11-12,15,17-18,20-21H2,1-2H3,(H,33,37)(H,34,38). The first-order chi connectivity index (χ1) is 20.6. The van der Waals surface area contributed by atoms with Gasteiger partial charge in [0.25, 0.3) is 0 Å². The molecule has 2 aromatic carbocycles. The maximum Gasteiger partial charge on any atom is 0.248 e. The van der Waals surface area contributed by atoms with E-state index in [0.717, 1.165) is 29.6 Å². The predicted molar refractivity (Wildman–Crippen MR) is 167 cm³/mol. The number of hydrogen-bond donors (Lipinski definition) is 4. The molecule has 3 aromatic rings. The van der Waals surface area contributed by atoms with Crippen LogP contribution >= 0.6 is 11.3 Å². The van der Waals surface area contributed by atoms with Gasteiger partial charge < -0.3 is 15.7 Å². The topological polar surface area (TPSA) is 141 Å². The molecule has 1 aliphatic heterocycles. The Kier molecular flexibility index (Phi) is 11.3. The summed E-state index contributed by atoms with van der Waals surface area (Å²) in [4.78, 5) is 28.9. The number of fused-ring (bicyclic) bond motifs is 1. The van der Waals surface area contributed by atoms with Crippen LogP contribution in [0.25, 0.3) is 10.2 Å². The molecule has 1 saturated heterocycles. The quantitative estimate of drug-likeness (QED) is 0.130. The molecule has 1 fully saturated rings. The maximum absolute atomic E-state index is 14.1. The Balaban J connectivity index is 1.46. The summed E-state index contributed by atoms with van der Waals surface area (Å²) >= 11 is 1.35. The zero-order valence-electron chi connectivity index (χ0n) is 24.5. The molecule has 0 saturated carbocycles. The molecule has 10 nitrogen and oxygen atoms in total. The fourth-order valence-electron chi connectivity index (χ4n) is 5.00. The average Bonchev–Trinajstić information content (AvgIpc) is 3.68. The molecule has 1 aromatic heterocycles. The van der Waals surface area contributed by atoms with Crippen molar-refractivity contribution in [3.8, 4) is 12.0 Å². The molecule has 2 amide bonds. The molecule has 2 unspecified atom stereocenters. The van der Waals surface area contributed by atoms with E-state index in [2.05, 4.69) is 32.9 Å². The minimum atomic E-state index is -4.14. The monoisotopic (exact) mass is 625 g/mol. The molecule has 0 spiro atoms. The second-order valence-electron chi connectivity index (χ2n) is 11.1. The highest BCUT2D eigenvalue weighted by atomic mass is 32.2. The Morgan fingerprint density at radius 3 is 2.74 bits per heavy atom. The van der Waals surface area contributed by atoms with Crippen LogP contribution in [-0.4, -0.2) is 66.0 Å². The summed E-state index contributed by atoms with van der Waals surface area (Å²) in [7, 11) is -4.14. The molecule has 12 heteroatoms. The maximum atomic E-state index is 14.1. The van der Waals surface area contributed by atoms with Crippen LogP contribution in [0.1, 0.15) is 51.5 Å². The molecule has 2 heterocycles. The number of thiazole rings is 1. The van der Waals surface area contributed by atoms with Crippen LogP contribution in [0.4, 0.5) is 0 Å². The molecule has 2 atom stereocenters. The zero-order chi connectivity index (χ0) is 30.9. The number of sulfonamides is 1. The van der Waals surface area contributed by atoms with Crippen molar-refractivity contribution < 1.29 is 23.1 Å². The van der Waals surface area contributed by atoms with Crippen LogP contribution in [0.2, 0.25) is 0 Å². The molecule has 0 bridgehead atoms. The summed E-state index contributed by atoms with van der Waals surface area (Å²) in [5.41, 5.74) is 1.32. The Bertz CT molecular complexity index is 1560. The van der Waals surface area contributed by atoms with Crippen LogP contribution < -0.4 is 16.0 Å². The highest BCUT2D eigenvalue weighted by Crippen LogP contribution is 2.32. The predicted octanol–water partition coefficient (Wildman–Crippen LogP) is 2.99. The van der Waals surface area contributed by atoms with Crippen molar-refractivity contribution in [3.05, 3.63) is 59.6 Å². The van der Waals surface area contributed by atoms with Gasteiger partial charge in [0.2, 0.25) is 21.8 Å². The smallest absolute Gasteiger partial charge is 0.248 e. The fourth-order valence-corrected chi connectivity index (χ4v) is 7.65. The van der Waals surface area contributed by atoms with Gasteiger partial charge in [0.15, 0.2) is 0 Å². The van der Waals surface area contributed by atoms with Gasteiger partial charge in [-0.1, -0.05) is 50.1 Å². The van der Waals surface area contributed by atoms with E-state index in [0.29, 0.717) is 5.52 Å². The number of nitrogens with zero attached hydrogens (tertiary/aromatic N) is 2. The molecule has 1 aliphatic rings. The van der Waals surface area contributed by atoms with Crippen LogP contribution in [0, 0.1) is 17.9 Å². The summed E-state index contributed by atoms with van der Waals surface area (Å²) in [5.74, 6) is 2.26. The number of aromatic nitrogens is 1. The van der Waals surface area contributed by atoms with Crippen LogP contribution in [-0.2, 0) is 26.0 Å². The minimum absolute atomic E-state index is 0.0293. The number of amides is 2. The average molecular weight is 626 g/mol. The van der Waals surface area contributed by atoms with Crippen molar-refractivity contribution in [1.29, 1.82) is 0 Å². The number of benzene rings is 2. The minimum Gasteiger partial charge on any atom is -0.374 e. The van der Waals surface area contributed by atoms with Crippen molar-refractivity contribution in [2.24, 2.45) is 5.92 Å². The van der Waals surface area contributed by atoms with Gasteiger partial charge in [-0.3, -0.25) is 14.9 Å². The first-order valence-corrected chi connectivity index (χ1v) is 16.8. The summed E-state index contributed by atoms with van der Waals surface area (Å²) in [5, 5.41) is 20.6. The van der Waals surface area contributed by atoms with Gasteiger partial charge in [-0.15, -0.1) is 11.3 Å². The Hall–Kier alpha value is -3.34. The normalized spacial score (nSPS) is 16.5. The van der Waals surface area contributed by atoms with Gasteiger partial charge in [0, 0.05) is 44.8 Å². The Morgan fingerprint density at radius 2 is 2.02 bits per heavy atom. The molecule has 4 rings (SSSR count). The summed E-state index contributed by atoms with van der Waals surface area (Å²) < 4.78 is 30.1. The molecule has 43 heavy (non-hydrogen) atoms. The van der Waals surface area contributed by atoms with E-state index in [-0.39, 0.29) is 67.4 Å². The highest BCUT2D eigenvalue weighted by molar-refractivity contribution is 7.89. The van der Waals surface area contributed by atoms with E-state index in [4.69, 9.17) is 0 Å². The van der Waals surface area contributed by atoms with Gasteiger partial charge in [0.1, 0.15) is 5.72 Å². The van der Waals surface area contributed by atoms with Gasteiger partial charge in [-0.25, -0.2) is 13.4 Å². The Morgan fingerprint density at radius 1 is 1.23 bits per heavy atom. The lowest BCUT2D eigenvalue weighted by atomic mass is 9.98. The van der Waals surface area contributed by atoms with E-state index < -0.39 is 15.7 Å². The molecular formula is C31H39N5O5S2. The lowest BCUT2D eigenvalue weighted by molar-refractivity contribution is -0.122. The number of rotatable bonds is 13. The van der Waals surface area contributed by atoms with E-state index in [1.165, 1.54) is 21.7 Å². The van der Waals surface area contributed by atoms with Gasteiger partial charge >= 0.3 is 0 Å². The fraction of sp³-hybridized carbons (Fsp3) is 0.452. The Labute approximate surface area is 257 Å². The SMILES string of the molecule is CC(C)CN(C(O)(CCNC(=O)CCC#CNC(=O)C1CCCN1)Cc1ccccc1)S(=O)(=O)c1ccc2ncsc2c1. The summed E-state index contributed by atoms with van der Waals surface area (Å²) in [6.07, 6.45) is 2.09. The molecule has 230 valence electrons. The second-order valence-corrected chi connectivity index (χ2v) is 13.8. The third-order valence-corrected chi connectivity index (χ3v) is 9.90. The van der Waals surface area contributed by atoms with Crippen LogP contribution in [0.5, 0.6) is 0 Å². The number of hydrogen-bond acceptors (Lipinski definition) is 8. The molecule has 4 N–H and O–H groups in total. The van der Waals surface area contributed by atoms with Crippen molar-refractivity contribution in [2.45, 2.75) is 69.0 Å². The third kappa shape index (κ3) is 8.84. The van der Waals surface area contributed by atoms with Crippen LogP contribution in [0.3, 0.4) is 0 Å². The number of carbonyl (C=O) groups is 2. The van der Waals surface area contributed by atoms with Crippen molar-refractivity contribution >= 4 is 43.4 Å². The van der Waals surface area contributed by atoms with E-state index in [9.17, 15) is 23.1 Å². The van der Waals surface area contributed by atoms with Gasteiger partial charge in [-0.05, 0) is 49.1 Å². The largest absolute Gasteiger partial charge is 0.374 e. The van der Waals surface area contributed by atoms with Gasteiger partial charge in [-0.2, -0.15) is 4.31 Å². The van der Waals surface area contributed by atoms with Crippen LogP contribution in [0.15, 0.2) is 58.9 Å². The summed E-state index contributed by atoms with van der Waals surface area (Å²) in [6, 6.07) is 16.4. The number of nitrogens with one attached hydrogen (secondary N) is 3. The van der Waals surface area contributed by atoms with E-state index in [1.54, 1.807) is 17.6 Å². The lowest BCUT2D eigenvalue weighted by Gasteiger charge is -2.40. The highest BCUT2D eigenvalue weighted by Gasteiger charge is 2.43. The first-order valence-electron chi connectivity index (χ1n) is 14.5. The van der Waals surface area contributed by atoms with Crippen molar-refractivity contribution in [1.82, 2.24) is 25.2 Å². The number of aliphatic hydroxyl groups is 1. The van der Waals surface area contributed by atoms with Gasteiger partial charge in [0.05, 0.1) is 26.7 Å². The van der Waals surface area contributed by atoms with E-state index >= 15 is 0 Å². The lowest BCUT2D eigenvalue weighted by Crippen LogP contribution is -2.55. The van der Waals surface area contributed by atoms with E-state index in [1.807, 2.05) is 44.2 Å². The first kappa shape index (κ1) is 32.6. The summed E-state index contributed by atoms with van der Waals surface area (Å²) in [6.45, 7) is 4.74. The number of carbonyl (C=O) groups excluding carboxylic acids is 2. The molecular weight excluding hydrogens is 587 g/mol. The zero-order valence-corrected chi connectivity index (χ0v) is 26.1. The molecule has 0 radical (unpaired) electrons. The van der Waals surface area contributed by atoms with Crippen molar-refractivity contribution in [2.75, 3.05) is 19.6 Å².